The summed E-state index contributed by atoms with van der Waals surface area (Å²) in [6, 6.07) is -0.0297. The van der Waals surface area contributed by atoms with Gasteiger partial charge in [0.25, 0.3) is 5.56 Å². The molecular formula is C10H15N5O3. The summed E-state index contributed by atoms with van der Waals surface area (Å²) in [7, 11) is 1.32. The van der Waals surface area contributed by atoms with Crippen molar-refractivity contribution in [2.75, 3.05) is 30.8 Å². The van der Waals surface area contributed by atoms with Crippen LogP contribution in [0.3, 0.4) is 0 Å². The number of nitrogens with zero attached hydrogens (tertiary/aromatic N) is 2. The molecule has 4 N–H and O–H groups in total. The first kappa shape index (κ1) is 12.2. The number of aromatic nitrogens is 2. The molecule has 1 aromatic heterocycles. The van der Waals surface area contributed by atoms with Gasteiger partial charge in [0.15, 0.2) is 5.82 Å². The summed E-state index contributed by atoms with van der Waals surface area (Å²) >= 11 is 0. The van der Waals surface area contributed by atoms with Gasteiger partial charge in [-0.05, 0) is 6.42 Å². The fraction of sp³-hybridized carbons (Fsp3) is 0.500. The smallest absolute Gasteiger partial charge is 0.407 e. The molecule has 8 heteroatoms. The summed E-state index contributed by atoms with van der Waals surface area (Å²) in [6.07, 6.45) is 1.60. The van der Waals surface area contributed by atoms with E-state index < -0.39 is 6.09 Å². The van der Waals surface area contributed by atoms with Crippen LogP contribution in [0, 0.1) is 0 Å². The molecule has 0 aliphatic carbocycles. The molecule has 1 aromatic rings. The van der Waals surface area contributed by atoms with Crippen LogP contribution >= 0.6 is 0 Å². The molecule has 1 saturated heterocycles. The first-order valence-corrected chi connectivity index (χ1v) is 5.54. The monoisotopic (exact) mass is 253 g/mol. The lowest BCUT2D eigenvalue weighted by atomic mass is 10.3. The Balaban J connectivity index is 2.07. The van der Waals surface area contributed by atoms with E-state index in [4.69, 9.17) is 5.73 Å². The van der Waals surface area contributed by atoms with Crippen LogP contribution in [0.15, 0.2) is 11.1 Å². The first-order chi connectivity index (χ1) is 8.61. The van der Waals surface area contributed by atoms with Crippen LogP contribution in [-0.4, -0.2) is 42.3 Å². The van der Waals surface area contributed by atoms with E-state index in [1.165, 1.54) is 13.4 Å². The second-order valence-corrected chi connectivity index (χ2v) is 4.04. The van der Waals surface area contributed by atoms with Gasteiger partial charge in [0.05, 0.1) is 19.5 Å². The molecule has 1 atom stereocenters. The molecule has 0 aromatic carbocycles. The van der Waals surface area contributed by atoms with Crippen molar-refractivity contribution in [2.24, 2.45) is 0 Å². The summed E-state index contributed by atoms with van der Waals surface area (Å²) in [5.74, 6) is 0.452. The summed E-state index contributed by atoms with van der Waals surface area (Å²) in [5.41, 5.74) is 5.41. The number of carbonyl (C=O) groups is 1. The molecule has 1 amide bonds. The molecule has 1 aliphatic rings. The molecule has 0 saturated carbocycles. The van der Waals surface area contributed by atoms with Gasteiger partial charge < -0.3 is 25.7 Å². The van der Waals surface area contributed by atoms with Crippen LogP contribution in [0.25, 0.3) is 0 Å². The van der Waals surface area contributed by atoms with Crippen LogP contribution in [0.5, 0.6) is 0 Å². The fourth-order valence-electron chi connectivity index (χ4n) is 1.95. The number of methoxy groups -OCH3 is 1. The topological polar surface area (TPSA) is 113 Å². The van der Waals surface area contributed by atoms with E-state index in [2.05, 4.69) is 20.0 Å². The van der Waals surface area contributed by atoms with Gasteiger partial charge in [-0.3, -0.25) is 4.79 Å². The van der Waals surface area contributed by atoms with Crippen LogP contribution in [0.4, 0.5) is 16.3 Å². The van der Waals surface area contributed by atoms with E-state index >= 15 is 0 Å². The molecule has 2 rings (SSSR count). The number of ether oxygens (including phenoxy) is 1. The fourth-order valence-corrected chi connectivity index (χ4v) is 1.95. The molecule has 18 heavy (non-hydrogen) atoms. The number of H-pyrrole nitrogens is 1. The van der Waals surface area contributed by atoms with Crippen LogP contribution in [-0.2, 0) is 4.74 Å². The van der Waals surface area contributed by atoms with Gasteiger partial charge in [0.2, 0.25) is 0 Å². The Morgan fingerprint density at radius 1 is 1.72 bits per heavy atom. The maximum absolute atomic E-state index is 11.4. The highest BCUT2D eigenvalue weighted by Crippen LogP contribution is 2.20. The molecule has 0 spiro atoms. The number of aromatic amines is 1. The Bertz CT molecular complexity index is 501. The van der Waals surface area contributed by atoms with E-state index in [1.807, 2.05) is 4.90 Å². The highest BCUT2D eigenvalue weighted by atomic mass is 16.5. The SMILES string of the molecule is COC(=O)NC1CCN(c2nc[nH]c(=O)c2N)C1. The second-order valence-electron chi connectivity index (χ2n) is 4.04. The number of nitrogens with one attached hydrogen (secondary N) is 2. The molecule has 1 fully saturated rings. The van der Waals surface area contributed by atoms with Crippen molar-refractivity contribution in [1.29, 1.82) is 0 Å². The van der Waals surface area contributed by atoms with Crippen molar-refractivity contribution in [2.45, 2.75) is 12.5 Å². The first-order valence-electron chi connectivity index (χ1n) is 5.54. The van der Waals surface area contributed by atoms with Gasteiger partial charge in [0, 0.05) is 13.1 Å². The Kier molecular flexibility index (Phi) is 3.35. The van der Waals surface area contributed by atoms with Gasteiger partial charge in [-0.1, -0.05) is 0 Å². The number of carbonyl (C=O) groups excluding carboxylic acids is 1. The van der Waals surface area contributed by atoms with E-state index in [1.54, 1.807) is 0 Å². The third-order valence-corrected chi connectivity index (χ3v) is 2.86. The zero-order chi connectivity index (χ0) is 13.1. The van der Waals surface area contributed by atoms with E-state index in [9.17, 15) is 9.59 Å². The molecule has 0 bridgehead atoms. The van der Waals surface area contributed by atoms with Crippen molar-refractivity contribution in [3.8, 4) is 0 Å². The summed E-state index contributed by atoms with van der Waals surface area (Å²) < 4.78 is 4.53. The number of alkyl carbamates (subject to hydrolysis) is 1. The molecule has 8 nitrogen and oxygen atoms in total. The lowest BCUT2D eigenvalue weighted by molar-refractivity contribution is 0.167. The predicted molar refractivity (Wildman–Crippen MR) is 65.4 cm³/mol. The quantitative estimate of drug-likeness (QED) is 0.641. The minimum absolute atomic E-state index is 0.0297. The second kappa shape index (κ2) is 4.94. The van der Waals surface area contributed by atoms with Gasteiger partial charge >= 0.3 is 6.09 Å². The maximum Gasteiger partial charge on any atom is 0.407 e. The van der Waals surface area contributed by atoms with Crippen molar-refractivity contribution >= 4 is 17.6 Å². The molecular weight excluding hydrogens is 238 g/mol. The summed E-state index contributed by atoms with van der Waals surface area (Å²) in [5, 5.41) is 2.70. The maximum atomic E-state index is 11.4. The lowest BCUT2D eigenvalue weighted by Crippen LogP contribution is -2.37. The van der Waals surface area contributed by atoms with Crippen LogP contribution < -0.4 is 21.5 Å². The minimum Gasteiger partial charge on any atom is -0.453 e. The highest BCUT2D eigenvalue weighted by molar-refractivity contribution is 5.68. The number of amides is 1. The minimum atomic E-state index is -0.464. The van der Waals surface area contributed by atoms with Crippen molar-refractivity contribution in [3.05, 3.63) is 16.7 Å². The number of rotatable bonds is 2. The zero-order valence-corrected chi connectivity index (χ0v) is 9.97. The van der Waals surface area contributed by atoms with Gasteiger partial charge in [-0.2, -0.15) is 0 Å². The third kappa shape index (κ3) is 2.36. The van der Waals surface area contributed by atoms with E-state index in [0.29, 0.717) is 18.9 Å². The Morgan fingerprint density at radius 2 is 2.50 bits per heavy atom. The number of anilines is 2. The lowest BCUT2D eigenvalue weighted by Gasteiger charge is -2.18. The molecule has 1 aliphatic heterocycles. The number of nitrogen functional groups attached to an aromatic ring is 1. The van der Waals surface area contributed by atoms with Crippen molar-refractivity contribution in [1.82, 2.24) is 15.3 Å². The summed E-state index contributed by atoms with van der Waals surface area (Å²) in [4.78, 5) is 30.8. The average molecular weight is 253 g/mol. The van der Waals surface area contributed by atoms with Gasteiger partial charge in [0.1, 0.15) is 5.69 Å². The molecule has 1 unspecified atom stereocenters. The van der Waals surface area contributed by atoms with Crippen LogP contribution in [0.1, 0.15) is 6.42 Å². The molecule has 2 heterocycles. The largest absolute Gasteiger partial charge is 0.453 e. The third-order valence-electron chi connectivity index (χ3n) is 2.86. The summed E-state index contributed by atoms with van der Waals surface area (Å²) in [6.45, 7) is 1.23. The number of hydrogen-bond acceptors (Lipinski definition) is 6. The average Bonchev–Trinajstić information content (AvgIpc) is 2.80. The highest BCUT2D eigenvalue weighted by Gasteiger charge is 2.26. The van der Waals surface area contributed by atoms with E-state index in [0.717, 1.165) is 6.42 Å². The van der Waals surface area contributed by atoms with Gasteiger partial charge in [-0.15, -0.1) is 0 Å². The normalized spacial score (nSPS) is 18.7. The standard InChI is InChI=1S/C10H15N5O3/c1-18-10(17)14-6-2-3-15(4-6)8-7(11)9(16)13-5-12-8/h5-6H,2-4,11H2,1H3,(H,14,17)(H,12,13,16). The Labute approximate surface area is 103 Å². The number of hydrogen-bond donors (Lipinski definition) is 3. The number of nitrogens with two attached hydrogens (primary N) is 1. The Morgan fingerprint density at radius 3 is 3.22 bits per heavy atom. The van der Waals surface area contributed by atoms with E-state index in [-0.39, 0.29) is 17.3 Å². The Hall–Kier alpha value is -2.25. The zero-order valence-electron chi connectivity index (χ0n) is 9.97. The predicted octanol–water partition coefficient (Wildman–Crippen LogP) is -0.713. The van der Waals surface area contributed by atoms with Crippen molar-refractivity contribution < 1.29 is 9.53 Å². The molecule has 98 valence electrons. The molecule has 0 radical (unpaired) electrons. The van der Waals surface area contributed by atoms with Crippen LogP contribution in [0.2, 0.25) is 0 Å². The van der Waals surface area contributed by atoms with Gasteiger partial charge in [-0.25, -0.2) is 9.78 Å². The van der Waals surface area contributed by atoms with Crippen molar-refractivity contribution in [3.63, 3.8) is 0 Å².